The van der Waals surface area contributed by atoms with Gasteiger partial charge in [-0.05, 0) is 50.3 Å². The lowest BCUT2D eigenvalue weighted by Crippen LogP contribution is -2.34. The van der Waals surface area contributed by atoms with E-state index in [2.05, 4.69) is 0 Å². The summed E-state index contributed by atoms with van der Waals surface area (Å²) < 4.78 is 25.9. The maximum Gasteiger partial charge on any atom is 0.232 e. The number of carbonyl (C=O) groups is 1. The zero-order valence-electron chi connectivity index (χ0n) is 15.6. The Labute approximate surface area is 152 Å². The fraction of sp³-hybridized carbons (Fsp3) is 0.632. The molecule has 6 heteroatoms. The Hall–Kier alpha value is -1.56. The average Bonchev–Trinajstić information content (AvgIpc) is 2.82. The Morgan fingerprint density at radius 3 is 2.36 bits per heavy atom. The first-order chi connectivity index (χ1) is 11.8. The number of nitrogens with zero attached hydrogens (tertiary/aromatic N) is 2. The summed E-state index contributed by atoms with van der Waals surface area (Å²) in [4.78, 5) is 14.3. The molecule has 1 aromatic carbocycles. The number of carbonyl (C=O) groups excluding carboxylic acids is 1. The molecule has 1 aliphatic heterocycles. The minimum atomic E-state index is -3.38. The quantitative estimate of drug-likeness (QED) is 0.776. The van der Waals surface area contributed by atoms with Crippen LogP contribution in [0.5, 0.6) is 0 Å². The molecule has 1 aliphatic rings. The number of rotatable bonds is 6. The SMILES string of the molecule is Cc1ccc(C)c(N(CCCC(=O)N2CCCCCC2)S(C)(=O)=O)c1. The Morgan fingerprint density at radius 2 is 1.76 bits per heavy atom. The van der Waals surface area contributed by atoms with Crippen molar-refractivity contribution in [3.63, 3.8) is 0 Å². The van der Waals surface area contributed by atoms with Crippen molar-refractivity contribution < 1.29 is 13.2 Å². The third-order valence-electron chi connectivity index (χ3n) is 4.74. The van der Waals surface area contributed by atoms with Gasteiger partial charge in [0.1, 0.15) is 0 Å². The number of sulfonamides is 1. The van der Waals surface area contributed by atoms with E-state index in [0.717, 1.165) is 37.1 Å². The van der Waals surface area contributed by atoms with Crippen LogP contribution in [0.25, 0.3) is 0 Å². The summed E-state index contributed by atoms with van der Waals surface area (Å²) in [7, 11) is -3.38. The van der Waals surface area contributed by atoms with E-state index in [0.29, 0.717) is 25.1 Å². The van der Waals surface area contributed by atoms with Crippen molar-refractivity contribution in [2.45, 2.75) is 52.4 Å². The van der Waals surface area contributed by atoms with Crippen molar-refractivity contribution in [3.05, 3.63) is 29.3 Å². The van der Waals surface area contributed by atoms with Gasteiger partial charge < -0.3 is 4.90 Å². The van der Waals surface area contributed by atoms with E-state index in [1.807, 2.05) is 36.9 Å². The molecule has 0 aliphatic carbocycles. The predicted octanol–water partition coefficient (Wildman–Crippen LogP) is 3.25. The van der Waals surface area contributed by atoms with Crippen molar-refractivity contribution in [1.29, 1.82) is 0 Å². The summed E-state index contributed by atoms with van der Waals surface area (Å²) in [5.41, 5.74) is 2.66. The van der Waals surface area contributed by atoms with Crippen LogP contribution in [-0.2, 0) is 14.8 Å². The highest BCUT2D eigenvalue weighted by atomic mass is 32.2. The Balaban J connectivity index is 2.01. The molecule has 1 amide bonds. The molecular formula is C19H30N2O3S. The first-order valence-electron chi connectivity index (χ1n) is 9.12. The zero-order chi connectivity index (χ0) is 18.4. The van der Waals surface area contributed by atoms with Crippen molar-refractivity contribution in [2.24, 2.45) is 0 Å². The van der Waals surface area contributed by atoms with E-state index in [9.17, 15) is 13.2 Å². The number of anilines is 1. The van der Waals surface area contributed by atoms with Crippen LogP contribution in [0, 0.1) is 13.8 Å². The second-order valence-electron chi connectivity index (χ2n) is 7.02. The maximum atomic E-state index is 12.4. The molecule has 140 valence electrons. The Kier molecular flexibility index (Phi) is 6.87. The molecule has 2 rings (SSSR count). The molecule has 0 radical (unpaired) electrons. The van der Waals surface area contributed by atoms with Gasteiger partial charge in [0, 0.05) is 26.1 Å². The highest BCUT2D eigenvalue weighted by Crippen LogP contribution is 2.24. The molecule has 0 bridgehead atoms. The maximum absolute atomic E-state index is 12.4. The summed E-state index contributed by atoms with van der Waals surface area (Å²) >= 11 is 0. The molecule has 1 aromatic rings. The van der Waals surface area contributed by atoms with Crippen molar-refractivity contribution >= 4 is 21.6 Å². The van der Waals surface area contributed by atoms with Crippen LogP contribution in [0.2, 0.25) is 0 Å². The second-order valence-corrected chi connectivity index (χ2v) is 8.93. The highest BCUT2D eigenvalue weighted by molar-refractivity contribution is 7.92. The van der Waals surface area contributed by atoms with Gasteiger partial charge in [-0.3, -0.25) is 9.10 Å². The van der Waals surface area contributed by atoms with E-state index in [-0.39, 0.29) is 5.91 Å². The molecule has 1 heterocycles. The van der Waals surface area contributed by atoms with Gasteiger partial charge in [-0.1, -0.05) is 25.0 Å². The van der Waals surface area contributed by atoms with E-state index < -0.39 is 10.0 Å². The number of benzene rings is 1. The summed E-state index contributed by atoms with van der Waals surface area (Å²) in [5, 5.41) is 0. The van der Waals surface area contributed by atoms with Gasteiger partial charge in [-0.25, -0.2) is 8.42 Å². The largest absolute Gasteiger partial charge is 0.343 e. The van der Waals surface area contributed by atoms with Gasteiger partial charge in [0.25, 0.3) is 0 Å². The molecule has 0 aromatic heterocycles. The lowest BCUT2D eigenvalue weighted by molar-refractivity contribution is -0.131. The molecule has 5 nitrogen and oxygen atoms in total. The minimum absolute atomic E-state index is 0.149. The van der Waals surface area contributed by atoms with Crippen LogP contribution in [0.1, 0.15) is 49.7 Å². The Bertz CT molecular complexity index is 693. The van der Waals surface area contributed by atoms with E-state index in [1.165, 1.54) is 23.4 Å². The minimum Gasteiger partial charge on any atom is -0.343 e. The molecule has 0 N–H and O–H groups in total. The van der Waals surface area contributed by atoms with Crippen molar-refractivity contribution in [3.8, 4) is 0 Å². The number of hydrogen-bond donors (Lipinski definition) is 0. The first kappa shape index (κ1) is 19.8. The smallest absolute Gasteiger partial charge is 0.232 e. The standard InChI is InChI=1S/C19H30N2O3S/c1-16-10-11-17(2)18(15-16)21(25(3,23)24)14-8-9-19(22)20-12-6-4-5-7-13-20/h10-11,15H,4-9,12-14H2,1-3H3. The summed E-state index contributed by atoms with van der Waals surface area (Å²) in [6.45, 7) is 5.88. The molecular weight excluding hydrogens is 336 g/mol. The van der Waals surface area contributed by atoms with Gasteiger partial charge in [-0.15, -0.1) is 0 Å². The van der Waals surface area contributed by atoms with E-state index in [1.54, 1.807) is 0 Å². The topological polar surface area (TPSA) is 57.7 Å². The average molecular weight is 367 g/mol. The molecule has 0 unspecified atom stereocenters. The zero-order valence-corrected chi connectivity index (χ0v) is 16.4. The monoisotopic (exact) mass is 366 g/mol. The Morgan fingerprint density at radius 1 is 1.12 bits per heavy atom. The number of likely N-dealkylation sites (tertiary alicyclic amines) is 1. The highest BCUT2D eigenvalue weighted by Gasteiger charge is 2.21. The fourth-order valence-electron chi connectivity index (χ4n) is 3.31. The summed E-state index contributed by atoms with van der Waals surface area (Å²) in [6, 6.07) is 5.81. The fourth-order valence-corrected chi connectivity index (χ4v) is 4.32. The lowest BCUT2D eigenvalue weighted by Gasteiger charge is -2.25. The second kappa shape index (κ2) is 8.70. The van der Waals surface area contributed by atoms with Crippen LogP contribution >= 0.6 is 0 Å². The predicted molar refractivity (Wildman–Crippen MR) is 102 cm³/mol. The van der Waals surface area contributed by atoms with Gasteiger partial charge in [-0.2, -0.15) is 0 Å². The number of hydrogen-bond acceptors (Lipinski definition) is 3. The number of aryl methyl sites for hydroxylation is 2. The molecule has 0 spiro atoms. The third-order valence-corrected chi connectivity index (χ3v) is 5.92. The molecule has 25 heavy (non-hydrogen) atoms. The van der Waals surface area contributed by atoms with Crippen LogP contribution in [0.15, 0.2) is 18.2 Å². The van der Waals surface area contributed by atoms with Crippen LogP contribution in [-0.4, -0.2) is 45.1 Å². The van der Waals surface area contributed by atoms with Gasteiger partial charge in [0.15, 0.2) is 0 Å². The molecule has 0 saturated carbocycles. The van der Waals surface area contributed by atoms with Gasteiger partial charge >= 0.3 is 0 Å². The van der Waals surface area contributed by atoms with Crippen molar-refractivity contribution in [2.75, 3.05) is 30.2 Å². The summed E-state index contributed by atoms with van der Waals surface area (Å²) in [6.07, 6.45) is 6.70. The van der Waals surface area contributed by atoms with E-state index >= 15 is 0 Å². The van der Waals surface area contributed by atoms with E-state index in [4.69, 9.17) is 0 Å². The van der Waals surface area contributed by atoms with Crippen LogP contribution < -0.4 is 4.31 Å². The van der Waals surface area contributed by atoms with Gasteiger partial charge in [0.2, 0.25) is 15.9 Å². The number of amides is 1. The molecule has 1 fully saturated rings. The third kappa shape index (κ3) is 5.73. The normalized spacial score (nSPS) is 15.7. The summed E-state index contributed by atoms with van der Waals surface area (Å²) in [5.74, 6) is 0.149. The lowest BCUT2D eigenvalue weighted by atomic mass is 10.1. The van der Waals surface area contributed by atoms with Crippen LogP contribution in [0.4, 0.5) is 5.69 Å². The first-order valence-corrected chi connectivity index (χ1v) is 11.0. The molecule has 1 saturated heterocycles. The van der Waals surface area contributed by atoms with Gasteiger partial charge in [0.05, 0.1) is 11.9 Å². The van der Waals surface area contributed by atoms with Crippen molar-refractivity contribution in [1.82, 2.24) is 4.90 Å². The molecule has 0 atom stereocenters. The van der Waals surface area contributed by atoms with Crippen LogP contribution in [0.3, 0.4) is 0 Å².